The molecule has 1 unspecified atom stereocenters. The van der Waals surface area contributed by atoms with Crippen molar-refractivity contribution in [3.05, 3.63) is 39.3 Å². The zero-order valence-electron chi connectivity index (χ0n) is 11.3. The van der Waals surface area contributed by atoms with E-state index in [9.17, 15) is 9.90 Å². The Balaban J connectivity index is 0.00000161. The van der Waals surface area contributed by atoms with E-state index in [2.05, 4.69) is 20.8 Å². The van der Waals surface area contributed by atoms with Crippen LogP contribution in [0.3, 0.4) is 0 Å². The van der Waals surface area contributed by atoms with Crippen molar-refractivity contribution >= 4 is 29.7 Å². The van der Waals surface area contributed by atoms with Crippen LogP contribution in [0.4, 0.5) is 0 Å². The number of fused-ring (bicyclic) bond motifs is 1. The van der Waals surface area contributed by atoms with Crippen molar-refractivity contribution in [2.45, 2.75) is 19.1 Å². The molecule has 1 amide bonds. The number of hydrogen-bond donors (Lipinski definition) is 4. The summed E-state index contributed by atoms with van der Waals surface area (Å²) in [6, 6.07) is 1.85. The third-order valence-corrected chi connectivity index (χ3v) is 4.11. The van der Waals surface area contributed by atoms with Crippen LogP contribution in [0.5, 0.6) is 0 Å². The van der Waals surface area contributed by atoms with E-state index in [4.69, 9.17) is 0 Å². The molecule has 2 aromatic heterocycles. The average Bonchev–Trinajstić information content (AvgIpc) is 3.13. The van der Waals surface area contributed by atoms with Gasteiger partial charge in [0.2, 0.25) is 0 Å². The van der Waals surface area contributed by atoms with Gasteiger partial charge in [0.15, 0.2) is 5.69 Å². The lowest BCUT2D eigenvalue weighted by Gasteiger charge is -2.13. The van der Waals surface area contributed by atoms with Crippen molar-refractivity contribution < 1.29 is 9.90 Å². The molecule has 0 aliphatic carbocycles. The zero-order chi connectivity index (χ0) is 13.9. The monoisotopic (exact) mass is 328 g/mol. The number of nitrogens with zero attached hydrogens (tertiary/aromatic N) is 1. The second-order valence-electron chi connectivity index (χ2n) is 4.74. The molecule has 3 heterocycles. The summed E-state index contributed by atoms with van der Waals surface area (Å²) >= 11 is 1.52. The molecule has 0 aromatic carbocycles. The molecule has 1 aliphatic rings. The third kappa shape index (κ3) is 3.44. The van der Waals surface area contributed by atoms with Gasteiger partial charge in [0.05, 0.1) is 6.10 Å². The number of amides is 1. The van der Waals surface area contributed by atoms with Crippen LogP contribution in [-0.2, 0) is 13.0 Å². The van der Waals surface area contributed by atoms with Gasteiger partial charge in [-0.3, -0.25) is 9.89 Å². The Morgan fingerprint density at radius 1 is 1.57 bits per heavy atom. The Labute approximate surface area is 132 Å². The summed E-state index contributed by atoms with van der Waals surface area (Å²) in [6.07, 6.45) is 0.172. The highest BCUT2D eigenvalue weighted by atomic mass is 35.5. The summed E-state index contributed by atoms with van der Waals surface area (Å²) in [5.74, 6) is -0.250. The minimum atomic E-state index is -0.682. The number of H-pyrrole nitrogens is 1. The molecule has 0 spiro atoms. The van der Waals surface area contributed by atoms with Gasteiger partial charge in [-0.25, -0.2) is 0 Å². The van der Waals surface area contributed by atoms with Crippen molar-refractivity contribution in [3.8, 4) is 0 Å². The minimum absolute atomic E-state index is 0. The smallest absolute Gasteiger partial charge is 0.272 e. The number of aromatic nitrogens is 2. The Morgan fingerprint density at radius 2 is 2.43 bits per heavy atom. The molecule has 0 fully saturated rings. The Kier molecular flexibility index (Phi) is 5.35. The minimum Gasteiger partial charge on any atom is -0.387 e. The van der Waals surface area contributed by atoms with Crippen molar-refractivity contribution in [3.63, 3.8) is 0 Å². The fourth-order valence-electron chi connectivity index (χ4n) is 2.27. The van der Waals surface area contributed by atoms with Crippen LogP contribution in [0.2, 0.25) is 0 Å². The number of aromatic amines is 1. The van der Waals surface area contributed by atoms with Crippen LogP contribution in [0.25, 0.3) is 0 Å². The molecule has 6 nitrogen and oxygen atoms in total. The van der Waals surface area contributed by atoms with Crippen LogP contribution < -0.4 is 10.6 Å². The second kappa shape index (κ2) is 7.04. The van der Waals surface area contributed by atoms with Gasteiger partial charge in [-0.2, -0.15) is 16.4 Å². The summed E-state index contributed by atoms with van der Waals surface area (Å²) in [6.45, 7) is 1.74. The van der Waals surface area contributed by atoms with E-state index in [1.165, 1.54) is 11.3 Å². The SMILES string of the molecule is Cl.O=C(NCC(O)c1ccsc1)c1n[nH]c2c1CNCC2. The number of hydrogen-bond acceptors (Lipinski definition) is 5. The predicted octanol–water partition coefficient (Wildman–Crippen LogP) is 1.00. The molecule has 114 valence electrons. The first-order valence-corrected chi connectivity index (χ1v) is 7.45. The number of nitrogens with one attached hydrogen (secondary N) is 3. The molecule has 0 saturated carbocycles. The molecular weight excluding hydrogens is 312 g/mol. The summed E-state index contributed by atoms with van der Waals surface area (Å²) in [5.41, 5.74) is 3.19. The van der Waals surface area contributed by atoms with Gasteiger partial charge in [-0.1, -0.05) is 0 Å². The molecule has 4 N–H and O–H groups in total. The largest absolute Gasteiger partial charge is 0.387 e. The van der Waals surface area contributed by atoms with Crippen molar-refractivity contribution in [1.29, 1.82) is 0 Å². The fraction of sp³-hybridized carbons (Fsp3) is 0.385. The first-order chi connectivity index (χ1) is 9.75. The number of carbonyl (C=O) groups excluding carboxylic acids is 1. The quantitative estimate of drug-likeness (QED) is 0.674. The predicted molar refractivity (Wildman–Crippen MR) is 82.9 cm³/mol. The maximum absolute atomic E-state index is 12.1. The molecule has 21 heavy (non-hydrogen) atoms. The molecule has 1 aliphatic heterocycles. The normalized spacial score (nSPS) is 14.9. The first kappa shape index (κ1) is 16.0. The second-order valence-corrected chi connectivity index (χ2v) is 5.52. The number of halogens is 1. The van der Waals surface area contributed by atoms with Gasteiger partial charge in [0, 0.05) is 37.3 Å². The van der Waals surface area contributed by atoms with E-state index in [0.29, 0.717) is 12.2 Å². The van der Waals surface area contributed by atoms with Gasteiger partial charge in [0.25, 0.3) is 5.91 Å². The Bertz CT molecular complexity index is 599. The lowest BCUT2D eigenvalue weighted by Crippen LogP contribution is -2.31. The van der Waals surface area contributed by atoms with Crippen LogP contribution >= 0.6 is 23.7 Å². The van der Waals surface area contributed by atoms with Crippen LogP contribution in [0.15, 0.2) is 16.8 Å². The van der Waals surface area contributed by atoms with Gasteiger partial charge < -0.3 is 15.7 Å². The molecular formula is C13H17ClN4O2S. The topological polar surface area (TPSA) is 90.0 Å². The molecule has 1 atom stereocenters. The van der Waals surface area contributed by atoms with Crippen LogP contribution in [0.1, 0.15) is 33.4 Å². The summed E-state index contributed by atoms with van der Waals surface area (Å²) in [5, 5.41) is 26.7. The van der Waals surface area contributed by atoms with E-state index < -0.39 is 6.10 Å². The Hall–Kier alpha value is -1.41. The van der Waals surface area contributed by atoms with Gasteiger partial charge in [0.1, 0.15) is 0 Å². The van der Waals surface area contributed by atoms with Crippen LogP contribution in [0, 0.1) is 0 Å². The van der Waals surface area contributed by atoms with E-state index in [1.807, 2.05) is 16.8 Å². The first-order valence-electron chi connectivity index (χ1n) is 6.51. The number of aliphatic hydroxyl groups is 1. The number of rotatable bonds is 4. The van der Waals surface area contributed by atoms with Crippen molar-refractivity contribution in [2.75, 3.05) is 13.1 Å². The lowest BCUT2D eigenvalue weighted by atomic mass is 10.1. The number of carbonyl (C=O) groups is 1. The van der Waals surface area contributed by atoms with Crippen LogP contribution in [-0.4, -0.2) is 34.3 Å². The highest BCUT2D eigenvalue weighted by Crippen LogP contribution is 2.17. The highest BCUT2D eigenvalue weighted by molar-refractivity contribution is 7.07. The molecule has 0 bridgehead atoms. The third-order valence-electron chi connectivity index (χ3n) is 3.41. The fourth-order valence-corrected chi connectivity index (χ4v) is 2.98. The zero-order valence-corrected chi connectivity index (χ0v) is 12.9. The van der Waals surface area contributed by atoms with Gasteiger partial charge in [-0.15, -0.1) is 12.4 Å². The van der Waals surface area contributed by atoms with E-state index in [1.54, 1.807) is 0 Å². The summed E-state index contributed by atoms with van der Waals surface area (Å²) < 4.78 is 0. The van der Waals surface area contributed by atoms with E-state index in [-0.39, 0.29) is 24.9 Å². The number of thiophene rings is 1. The van der Waals surface area contributed by atoms with Crippen molar-refractivity contribution in [2.24, 2.45) is 0 Å². The summed E-state index contributed by atoms with van der Waals surface area (Å²) in [7, 11) is 0. The standard InChI is InChI=1S/C13H16N4O2S.ClH/c18-11(8-2-4-20-7-8)6-15-13(19)12-9-5-14-3-1-10(9)16-17-12;/h2,4,7,11,14,18H,1,3,5-6H2,(H,15,19)(H,16,17);1H. The number of aliphatic hydroxyl groups excluding tert-OH is 1. The maximum atomic E-state index is 12.1. The van der Waals surface area contributed by atoms with Gasteiger partial charge >= 0.3 is 0 Å². The molecule has 0 saturated heterocycles. The molecule has 0 radical (unpaired) electrons. The average molecular weight is 329 g/mol. The van der Waals surface area contributed by atoms with E-state index >= 15 is 0 Å². The summed E-state index contributed by atoms with van der Waals surface area (Å²) in [4.78, 5) is 12.1. The molecule has 8 heteroatoms. The highest BCUT2D eigenvalue weighted by Gasteiger charge is 2.21. The van der Waals surface area contributed by atoms with E-state index in [0.717, 1.165) is 29.8 Å². The maximum Gasteiger partial charge on any atom is 0.272 e. The Morgan fingerprint density at radius 3 is 3.19 bits per heavy atom. The lowest BCUT2D eigenvalue weighted by molar-refractivity contribution is 0.0910. The molecule has 3 rings (SSSR count). The van der Waals surface area contributed by atoms with Gasteiger partial charge in [-0.05, 0) is 22.4 Å². The molecule has 2 aromatic rings. The van der Waals surface area contributed by atoms with Crippen molar-refractivity contribution in [1.82, 2.24) is 20.8 Å².